The molecule has 2 heterocycles. The van der Waals surface area contributed by atoms with Crippen LogP contribution in [0, 0.1) is 5.92 Å². The highest BCUT2D eigenvalue weighted by atomic mass is 32.2. The summed E-state index contributed by atoms with van der Waals surface area (Å²) in [6.07, 6.45) is 3.42. The minimum Gasteiger partial charge on any atom is -0.491 e. The van der Waals surface area contributed by atoms with E-state index in [9.17, 15) is 13.2 Å². The molecular formula is C29H36N4O5S. The molecule has 0 bridgehead atoms. The minimum absolute atomic E-state index is 0.0153. The van der Waals surface area contributed by atoms with E-state index in [-0.39, 0.29) is 40.1 Å². The SMILES string of the molecule is CO[C@H]1CN(C)C(=O)c2cc(NS(=O)(=O)c3ccccc3)ccc2OC[C@H](C)N(Cc2cccnc2)C[C@@H]1C. The van der Waals surface area contributed by atoms with Gasteiger partial charge in [-0.05, 0) is 54.8 Å². The van der Waals surface area contributed by atoms with Gasteiger partial charge in [0, 0.05) is 57.9 Å². The third kappa shape index (κ3) is 7.14. The van der Waals surface area contributed by atoms with Crippen molar-refractivity contribution in [2.24, 2.45) is 5.92 Å². The van der Waals surface area contributed by atoms with Crippen molar-refractivity contribution in [2.75, 3.05) is 38.6 Å². The second-order valence-corrected chi connectivity index (χ2v) is 11.7. The summed E-state index contributed by atoms with van der Waals surface area (Å²) in [5, 5.41) is 0. The lowest BCUT2D eigenvalue weighted by molar-refractivity contribution is 0.00920. The molecule has 0 radical (unpaired) electrons. The van der Waals surface area contributed by atoms with Crippen LogP contribution in [0.1, 0.15) is 29.8 Å². The standard InChI is InChI=1S/C29H36N4O5S/c1-21-17-33(18-23-9-8-14-30-16-23)22(2)20-38-27-13-12-24(31-39(35,36)25-10-6-5-7-11-25)15-26(27)29(34)32(3)19-28(21)37-4/h5-16,21-22,28,31H,17-20H2,1-4H3/t21-,22-,28-/m0/s1. The number of fused-ring (bicyclic) bond motifs is 1. The third-order valence-corrected chi connectivity index (χ3v) is 8.39. The minimum atomic E-state index is -3.82. The number of nitrogens with zero attached hydrogens (tertiary/aromatic N) is 3. The first kappa shape index (κ1) is 28.5. The number of ether oxygens (including phenoxy) is 2. The molecule has 1 aliphatic rings. The Kier molecular flexibility index (Phi) is 9.21. The number of pyridine rings is 1. The molecular weight excluding hydrogens is 516 g/mol. The zero-order valence-electron chi connectivity index (χ0n) is 22.8. The first-order chi connectivity index (χ1) is 18.7. The van der Waals surface area contributed by atoms with Crippen molar-refractivity contribution >= 4 is 21.6 Å². The lowest BCUT2D eigenvalue weighted by Gasteiger charge is -2.36. The fourth-order valence-electron chi connectivity index (χ4n) is 4.68. The fraction of sp³-hybridized carbons (Fsp3) is 0.379. The highest BCUT2D eigenvalue weighted by molar-refractivity contribution is 7.92. The van der Waals surface area contributed by atoms with Gasteiger partial charge in [-0.2, -0.15) is 0 Å². The molecule has 10 heteroatoms. The lowest BCUT2D eigenvalue weighted by Crippen LogP contribution is -2.46. The molecule has 1 aromatic heterocycles. The number of aromatic nitrogens is 1. The van der Waals surface area contributed by atoms with Gasteiger partial charge in [0.2, 0.25) is 0 Å². The predicted molar refractivity (Wildman–Crippen MR) is 150 cm³/mol. The topological polar surface area (TPSA) is 101 Å². The van der Waals surface area contributed by atoms with Crippen LogP contribution in [0.3, 0.4) is 0 Å². The molecule has 0 aliphatic carbocycles. The number of benzene rings is 2. The van der Waals surface area contributed by atoms with Crippen molar-refractivity contribution in [3.63, 3.8) is 0 Å². The van der Waals surface area contributed by atoms with Gasteiger partial charge in [-0.3, -0.25) is 19.4 Å². The van der Waals surface area contributed by atoms with E-state index in [1.165, 1.54) is 18.2 Å². The Morgan fingerprint density at radius 1 is 1.08 bits per heavy atom. The molecule has 0 saturated heterocycles. The summed E-state index contributed by atoms with van der Waals surface area (Å²) in [6, 6.07) is 16.9. The van der Waals surface area contributed by atoms with Gasteiger partial charge in [0.25, 0.3) is 15.9 Å². The van der Waals surface area contributed by atoms with Crippen molar-refractivity contribution in [3.8, 4) is 5.75 Å². The predicted octanol–water partition coefficient (Wildman–Crippen LogP) is 3.89. The van der Waals surface area contributed by atoms with Crippen LogP contribution in [0.25, 0.3) is 0 Å². The Morgan fingerprint density at radius 3 is 2.54 bits per heavy atom. The molecule has 1 amide bonds. The smallest absolute Gasteiger partial charge is 0.261 e. The van der Waals surface area contributed by atoms with Crippen LogP contribution in [-0.4, -0.2) is 75.1 Å². The fourth-order valence-corrected chi connectivity index (χ4v) is 5.75. The third-order valence-electron chi connectivity index (χ3n) is 6.99. The second kappa shape index (κ2) is 12.6. The summed E-state index contributed by atoms with van der Waals surface area (Å²) >= 11 is 0. The van der Waals surface area contributed by atoms with E-state index in [0.29, 0.717) is 25.4 Å². The normalized spacial score (nSPS) is 21.3. The zero-order valence-corrected chi connectivity index (χ0v) is 23.6. The second-order valence-electron chi connectivity index (χ2n) is 10.0. The number of methoxy groups -OCH3 is 1. The van der Waals surface area contributed by atoms with Crippen LogP contribution in [0.15, 0.2) is 78.0 Å². The average Bonchev–Trinajstić information content (AvgIpc) is 2.94. The van der Waals surface area contributed by atoms with E-state index in [1.807, 2.05) is 12.3 Å². The number of hydrogen-bond donors (Lipinski definition) is 1. The molecule has 0 unspecified atom stereocenters. The van der Waals surface area contributed by atoms with Crippen LogP contribution in [0.2, 0.25) is 0 Å². The number of sulfonamides is 1. The van der Waals surface area contributed by atoms with E-state index in [0.717, 1.165) is 12.1 Å². The summed E-state index contributed by atoms with van der Waals surface area (Å²) in [7, 11) is -0.448. The Balaban J connectivity index is 1.65. The van der Waals surface area contributed by atoms with Crippen molar-refractivity contribution in [1.82, 2.24) is 14.8 Å². The summed E-state index contributed by atoms with van der Waals surface area (Å²) in [5.74, 6) is 0.234. The first-order valence-corrected chi connectivity index (χ1v) is 14.4. The Bertz CT molecular complexity index is 1350. The number of anilines is 1. The van der Waals surface area contributed by atoms with Crippen LogP contribution in [-0.2, 0) is 21.3 Å². The zero-order chi connectivity index (χ0) is 28.0. The van der Waals surface area contributed by atoms with Gasteiger partial charge in [0.15, 0.2) is 0 Å². The molecule has 0 saturated carbocycles. The van der Waals surface area contributed by atoms with E-state index in [2.05, 4.69) is 34.5 Å². The average molecular weight is 553 g/mol. The van der Waals surface area contributed by atoms with E-state index in [1.54, 1.807) is 55.6 Å². The van der Waals surface area contributed by atoms with E-state index in [4.69, 9.17) is 9.47 Å². The van der Waals surface area contributed by atoms with Crippen LogP contribution >= 0.6 is 0 Å². The van der Waals surface area contributed by atoms with Crippen molar-refractivity contribution in [1.29, 1.82) is 0 Å². The molecule has 2 aromatic carbocycles. The first-order valence-electron chi connectivity index (χ1n) is 12.9. The highest BCUT2D eigenvalue weighted by Gasteiger charge is 2.29. The highest BCUT2D eigenvalue weighted by Crippen LogP contribution is 2.28. The molecule has 0 fully saturated rings. The summed E-state index contributed by atoms with van der Waals surface area (Å²) < 4.78 is 40.4. The van der Waals surface area contributed by atoms with Crippen LogP contribution in [0.5, 0.6) is 5.75 Å². The molecule has 1 aliphatic heterocycles. The van der Waals surface area contributed by atoms with Crippen molar-refractivity contribution in [3.05, 3.63) is 84.2 Å². The van der Waals surface area contributed by atoms with Gasteiger partial charge in [-0.1, -0.05) is 31.2 Å². The molecule has 1 N–H and O–H groups in total. The van der Waals surface area contributed by atoms with Gasteiger partial charge >= 0.3 is 0 Å². The Morgan fingerprint density at radius 2 is 1.85 bits per heavy atom. The summed E-state index contributed by atoms with van der Waals surface area (Å²) in [4.78, 5) is 21.9. The van der Waals surface area contributed by atoms with Gasteiger partial charge in [-0.15, -0.1) is 0 Å². The lowest BCUT2D eigenvalue weighted by atomic mass is 10.0. The van der Waals surface area contributed by atoms with Crippen LogP contribution < -0.4 is 9.46 Å². The van der Waals surface area contributed by atoms with Crippen molar-refractivity contribution < 1.29 is 22.7 Å². The molecule has 3 atom stereocenters. The summed E-state index contributed by atoms with van der Waals surface area (Å²) in [5.41, 5.74) is 1.65. The largest absolute Gasteiger partial charge is 0.491 e. The van der Waals surface area contributed by atoms with Crippen molar-refractivity contribution in [2.45, 2.75) is 37.4 Å². The quantitative estimate of drug-likeness (QED) is 0.495. The molecule has 3 aromatic rings. The van der Waals surface area contributed by atoms with Gasteiger partial charge in [0.1, 0.15) is 12.4 Å². The molecule has 39 heavy (non-hydrogen) atoms. The Labute approximate surface area is 230 Å². The number of carbonyl (C=O) groups is 1. The van der Waals surface area contributed by atoms with Gasteiger partial charge in [0.05, 0.1) is 16.6 Å². The van der Waals surface area contributed by atoms with E-state index >= 15 is 0 Å². The monoisotopic (exact) mass is 552 g/mol. The number of nitrogens with one attached hydrogen (secondary N) is 1. The van der Waals surface area contributed by atoms with Gasteiger partial charge < -0.3 is 14.4 Å². The molecule has 9 nitrogen and oxygen atoms in total. The number of likely N-dealkylation sites (N-methyl/N-ethyl adjacent to an activating group) is 1. The molecule has 0 spiro atoms. The maximum atomic E-state index is 13.6. The summed E-state index contributed by atoms with van der Waals surface area (Å²) in [6.45, 7) is 6.35. The van der Waals surface area contributed by atoms with Crippen LogP contribution in [0.4, 0.5) is 5.69 Å². The number of carbonyl (C=O) groups excluding carboxylic acids is 1. The number of rotatable bonds is 6. The number of amides is 1. The maximum Gasteiger partial charge on any atom is 0.261 e. The Hall–Kier alpha value is -3.47. The number of hydrogen-bond acceptors (Lipinski definition) is 7. The van der Waals surface area contributed by atoms with E-state index < -0.39 is 10.0 Å². The van der Waals surface area contributed by atoms with Gasteiger partial charge in [-0.25, -0.2) is 8.42 Å². The maximum absolute atomic E-state index is 13.6. The molecule has 208 valence electrons. The molecule has 4 rings (SSSR count).